The molecule has 1 amide bonds. The van der Waals surface area contributed by atoms with E-state index in [9.17, 15) is 13.6 Å². The predicted molar refractivity (Wildman–Crippen MR) is 75.7 cm³/mol. The Hall–Kier alpha value is -2.30. The van der Waals surface area contributed by atoms with Gasteiger partial charge in [-0.05, 0) is 24.6 Å². The second kappa shape index (κ2) is 6.43. The number of nitrogens with one attached hydrogen (secondary N) is 1. The number of carbonyl (C=O) groups excluding carboxylic acids is 1. The number of amides is 1. The summed E-state index contributed by atoms with van der Waals surface area (Å²) >= 11 is 0. The zero-order chi connectivity index (χ0) is 15.4. The number of rotatable bonds is 4. The molecule has 2 aromatic rings. The summed E-state index contributed by atoms with van der Waals surface area (Å²) in [6.45, 7) is 4.07. The second-order valence-electron chi connectivity index (χ2n) is 4.84. The van der Waals surface area contributed by atoms with Gasteiger partial charge in [-0.25, -0.2) is 8.78 Å². The molecule has 0 aliphatic carbocycles. The van der Waals surface area contributed by atoms with Crippen molar-refractivity contribution in [2.75, 3.05) is 5.32 Å². The van der Waals surface area contributed by atoms with Gasteiger partial charge in [0.1, 0.15) is 0 Å². The summed E-state index contributed by atoms with van der Waals surface area (Å²) < 4.78 is 27.7. The fraction of sp³-hybridized carbons (Fsp3) is 0.250. The van der Waals surface area contributed by atoms with Crippen LogP contribution < -0.4 is 9.88 Å². The summed E-state index contributed by atoms with van der Waals surface area (Å²) in [6, 6.07) is 7.24. The number of hydrogen-bond acceptors (Lipinski definition) is 1. The highest BCUT2D eigenvalue weighted by Gasteiger charge is 2.14. The molecular weight excluding hydrogens is 274 g/mol. The molecule has 2 rings (SSSR count). The molecule has 0 aliphatic rings. The maximum absolute atomic E-state index is 13.1. The van der Waals surface area contributed by atoms with E-state index in [0.717, 1.165) is 29.8 Å². The first kappa shape index (κ1) is 15.1. The smallest absolute Gasteiger partial charge is 0.290 e. The van der Waals surface area contributed by atoms with Gasteiger partial charge >= 0.3 is 0 Å². The molecule has 0 saturated carbocycles. The first-order valence-corrected chi connectivity index (χ1v) is 6.73. The molecule has 5 heteroatoms. The number of nitrogens with zero attached hydrogens (tertiary/aromatic N) is 1. The van der Waals surface area contributed by atoms with Crippen molar-refractivity contribution in [2.24, 2.45) is 0 Å². The van der Waals surface area contributed by atoms with Gasteiger partial charge in [-0.15, -0.1) is 0 Å². The van der Waals surface area contributed by atoms with E-state index in [1.807, 2.05) is 36.7 Å². The molecule has 1 N–H and O–H groups in total. The van der Waals surface area contributed by atoms with Gasteiger partial charge in [-0.2, -0.15) is 4.57 Å². The molecule has 1 aromatic carbocycles. The quantitative estimate of drug-likeness (QED) is 0.863. The van der Waals surface area contributed by atoms with Crippen LogP contribution in [0.5, 0.6) is 0 Å². The number of anilines is 1. The first-order chi connectivity index (χ1) is 9.99. The van der Waals surface area contributed by atoms with E-state index in [2.05, 4.69) is 5.32 Å². The van der Waals surface area contributed by atoms with Crippen molar-refractivity contribution in [2.45, 2.75) is 26.8 Å². The Morgan fingerprint density at radius 3 is 2.62 bits per heavy atom. The Labute approximate surface area is 122 Å². The third-order valence-corrected chi connectivity index (χ3v) is 3.24. The van der Waals surface area contributed by atoms with Crippen LogP contribution in [0.1, 0.15) is 18.2 Å². The number of pyridine rings is 1. The Balaban J connectivity index is 2.09. The van der Waals surface area contributed by atoms with Gasteiger partial charge in [-0.1, -0.05) is 6.92 Å². The third-order valence-electron chi connectivity index (χ3n) is 3.24. The van der Waals surface area contributed by atoms with E-state index in [4.69, 9.17) is 0 Å². The third kappa shape index (κ3) is 3.84. The van der Waals surface area contributed by atoms with Crippen molar-refractivity contribution in [1.82, 2.24) is 0 Å². The van der Waals surface area contributed by atoms with Gasteiger partial charge in [0.2, 0.25) is 6.54 Å². The topological polar surface area (TPSA) is 33.0 Å². The van der Waals surface area contributed by atoms with Crippen LogP contribution in [0.2, 0.25) is 0 Å². The summed E-state index contributed by atoms with van der Waals surface area (Å²) in [7, 11) is 0. The van der Waals surface area contributed by atoms with Crippen LogP contribution in [0.4, 0.5) is 14.5 Å². The minimum Gasteiger partial charge on any atom is -0.320 e. The first-order valence-electron chi connectivity index (χ1n) is 6.73. The molecule has 0 atom stereocenters. The van der Waals surface area contributed by atoms with Crippen LogP contribution in [-0.4, -0.2) is 5.91 Å². The van der Waals surface area contributed by atoms with Crippen molar-refractivity contribution in [1.29, 1.82) is 0 Å². The maximum atomic E-state index is 13.1. The molecule has 3 nitrogen and oxygen atoms in total. The minimum atomic E-state index is -0.982. The van der Waals surface area contributed by atoms with Crippen LogP contribution in [0.15, 0.2) is 36.5 Å². The standard InChI is InChI=1S/C16H16F2N2O/c1-3-12-5-4-11(2)20(9-12)10-16(21)19-13-6-7-14(17)15(18)8-13/h4-9H,3,10H2,1-2H3/p+1. The fourth-order valence-corrected chi connectivity index (χ4v) is 1.98. The lowest BCUT2D eigenvalue weighted by atomic mass is 10.2. The van der Waals surface area contributed by atoms with E-state index >= 15 is 0 Å². The fourth-order valence-electron chi connectivity index (χ4n) is 1.98. The van der Waals surface area contributed by atoms with Crippen molar-refractivity contribution >= 4 is 11.6 Å². The summed E-state index contributed by atoms with van der Waals surface area (Å²) in [5, 5.41) is 2.56. The predicted octanol–water partition coefficient (Wildman–Crippen LogP) is 2.76. The van der Waals surface area contributed by atoms with E-state index < -0.39 is 11.6 Å². The van der Waals surface area contributed by atoms with Gasteiger partial charge in [-0.3, -0.25) is 4.79 Å². The van der Waals surface area contributed by atoms with Crippen molar-refractivity contribution < 1.29 is 18.1 Å². The molecule has 0 spiro atoms. The highest BCUT2D eigenvalue weighted by molar-refractivity contribution is 5.89. The summed E-state index contributed by atoms with van der Waals surface area (Å²) in [6.07, 6.45) is 2.80. The van der Waals surface area contributed by atoms with Gasteiger partial charge < -0.3 is 5.32 Å². The van der Waals surface area contributed by atoms with E-state index in [0.29, 0.717) is 0 Å². The number of benzene rings is 1. The Morgan fingerprint density at radius 2 is 1.95 bits per heavy atom. The number of hydrogen-bond donors (Lipinski definition) is 1. The maximum Gasteiger partial charge on any atom is 0.290 e. The molecule has 110 valence electrons. The van der Waals surface area contributed by atoms with Crippen molar-refractivity contribution in [3.05, 3.63) is 59.4 Å². The van der Waals surface area contributed by atoms with E-state index in [-0.39, 0.29) is 18.1 Å². The molecule has 0 aliphatic heterocycles. The second-order valence-corrected chi connectivity index (χ2v) is 4.84. The SMILES string of the molecule is CCc1ccc(C)[n+](CC(=O)Nc2ccc(F)c(F)c2)c1. The Bertz CT molecular complexity index is 671. The highest BCUT2D eigenvalue weighted by Crippen LogP contribution is 2.12. The Kier molecular flexibility index (Phi) is 4.62. The minimum absolute atomic E-state index is 0.124. The largest absolute Gasteiger partial charge is 0.320 e. The number of carbonyl (C=O) groups is 1. The Morgan fingerprint density at radius 1 is 1.19 bits per heavy atom. The van der Waals surface area contributed by atoms with Crippen LogP contribution >= 0.6 is 0 Å². The van der Waals surface area contributed by atoms with Crippen LogP contribution in [0, 0.1) is 18.6 Å². The lowest BCUT2D eigenvalue weighted by Crippen LogP contribution is -2.43. The summed E-state index contributed by atoms with van der Waals surface area (Å²) in [4.78, 5) is 12.0. The lowest BCUT2D eigenvalue weighted by Gasteiger charge is -2.05. The van der Waals surface area contributed by atoms with Crippen molar-refractivity contribution in [3.63, 3.8) is 0 Å². The van der Waals surface area contributed by atoms with Crippen LogP contribution in [-0.2, 0) is 17.8 Å². The van der Waals surface area contributed by atoms with Gasteiger partial charge in [0.05, 0.1) is 0 Å². The van der Waals surface area contributed by atoms with Gasteiger partial charge in [0.25, 0.3) is 5.91 Å². The summed E-state index contributed by atoms with van der Waals surface area (Å²) in [5.41, 5.74) is 2.32. The molecular formula is C16H17F2N2O+. The zero-order valence-corrected chi connectivity index (χ0v) is 12.0. The van der Waals surface area contributed by atoms with Crippen molar-refractivity contribution in [3.8, 4) is 0 Å². The molecule has 1 heterocycles. The summed E-state index contributed by atoms with van der Waals surface area (Å²) in [5.74, 6) is -2.21. The molecule has 0 bridgehead atoms. The average molecular weight is 291 g/mol. The number of halogens is 2. The van der Waals surface area contributed by atoms with Gasteiger partial charge in [0.15, 0.2) is 23.5 Å². The molecule has 0 radical (unpaired) electrons. The number of aryl methyl sites for hydroxylation is 2. The van der Waals surface area contributed by atoms with E-state index in [1.165, 1.54) is 6.07 Å². The monoisotopic (exact) mass is 291 g/mol. The molecule has 1 aromatic heterocycles. The lowest BCUT2D eigenvalue weighted by molar-refractivity contribution is -0.690. The zero-order valence-electron chi connectivity index (χ0n) is 12.0. The molecule has 0 saturated heterocycles. The van der Waals surface area contributed by atoms with E-state index in [1.54, 1.807) is 0 Å². The van der Waals surface area contributed by atoms with Crippen LogP contribution in [0.3, 0.4) is 0 Å². The van der Waals surface area contributed by atoms with Gasteiger partial charge in [0, 0.05) is 30.3 Å². The normalized spacial score (nSPS) is 10.5. The highest BCUT2D eigenvalue weighted by atomic mass is 19.2. The van der Waals surface area contributed by atoms with Crippen LogP contribution in [0.25, 0.3) is 0 Å². The molecule has 0 unspecified atom stereocenters. The number of aromatic nitrogens is 1. The average Bonchev–Trinajstić information content (AvgIpc) is 2.45. The molecule has 21 heavy (non-hydrogen) atoms. The molecule has 0 fully saturated rings.